The summed E-state index contributed by atoms with van der Waals surface area (Å²) in [6.07, 6.45) is 1.66. The first kappa shape index (κ1) is 18.1. The molecule has 1 aromatic carbocycles. The molecule has 1 aromatic rings. The van der Waals surface area contributed by atoms with Crippen LogP contribution in [0.1, 0.15) is 44.7 Å². The maximum absolute atomic E-state index is 12.8. The highest BCUT2D eigenvalue weighted by molar-refractivity contribution is 5.76. The molecule has 0 unspecified atom stereocenters. The largest absolute Gasteiger partial charge is 0.444 e. The molecule has 3 aliphatic heterocycles. The van der Waals surface area contributed by atoms with Crippen LogP contribution in [0.5, 0.6) is 0 Å². The fourth-order valence-electron chi connectivity index (χ4n) is 4.37. The summed E-state index contributed by atoms with van der Waals surface area (Å²) in [5.41, 5.74) is 2.23. The monoisotopic (exact) mass is 371 g/mol. The summed E-state index contributed by atoms with van der Waals surface area (Å²) >= 11 is 0. The second-order valence-corrected chi connectivity index (χ2v) is 9.23. The van der Waals surface area contributed by atoms with Gasteiger partial charge in [0, 0.05) is 44.7 Å². The SMILES string of the molecule is CC(C)(C)OC(=O)N1CCC2(CC1)CN(C(=O)N1Cc3ccccc3C1)C2. The number of benzene rings is 1. The van der Waals surface area contributed by atoms with Crippen LogP contribution in [-0.4, -0.2) is 58.6 Å². The zero-order chi connectivity index (χ0) is 19.2. The van der Waals surface area contributed by atoms with Crippen molar-refractivity contribution in [3.8, 4) is 0 Å². The average molecular weight is 371 g/mol. The molecule has 0 saturated carbocycles. The summed E-state index contributed by atoms with van der Waals surface area (Å²) < 4.78 is 5.47. The van der Waals surface area contributed by atoms with Gasteiger partial charge in [0.2, 0.25) is 0 Å². The maximum Gasteiger partial charge on any atom is 0.410 e. The summed E-state index contributed by atoms with van der Waals surface area (Å²) in [5.74, 6) is 0. The van der Waals surface area contributed by atoms with Gasteiger partial charge in [-0.05, 0) is 44.7 Å². The number of carbonyl (C=O) groups excluding carboxylic acids is 2. The minimum Gasteiger partial charge on any atom is -0.444 e. The number of rotatable bonds is 0. The molecule has 2 fully saturated rings. The zero-order valence-electron chi connectivity index (χ0n) is 16.5. The van der Waals surface area contributed by atoms with Crippen molar-refractivity contribution in [2.45, 2.75) is 52.3 Å². The third-order valence-corrected chi connectivity index (χ3v) is 5.91. The molecule has 0 radical (unpaired) electrons. The Labute approximate surface area is 161 Å². The number of hydrogen-bond donors (Lipinski definition) is 0. The van der Waals surface area contributed by atoms with Gasteiger partial charge in [0.1, 0.15) is 5.60 Å². The van der Waals surface area contributed by atoms with Gasteiger partial charge in [-0.25, -0.2) is 9.59 Å². The van der Waals surface area contributed by atoms with Gasteiger partial charge in [-0.3, -0.25) is 0 Å². The van der Waals surface area contributed by atoms with Crippen LogP contribution in [0, 0.1) is 5.41 Å². The molecule has 6 heteroatoms. The van der Waals surface area contributed by atoms with E-state index in [9.17, 15) is 9.59 Å². The van der Waals surface area contributed by atoms with Crippen LogP contribution in [-0.2, 0) is 17.8 Å². The van der Waals surface area contributed by atoms with Crippen LogP contribution in [0.2, 0.25) is 0 Å². The lowest BCUT2D eigenvalue weighted by atomic mass is 9.72. The number of piperidine rings is 1. The molecule has 3 heterocycles. The zero-order valence-corrected chi connectivity index (χ0v) is 16.5. The van der Waals surface area contributed by atoms with Crippen LogP contribution < -0.4 is 0 Å². The lowest BCUT2D eigenvalue weighted by Gasteiger charge is -2.54. The van der Waals surface area contributed by atoms with E-state index in [1.165, 1.54) is 11.1 Å². The van der Waals surface area contributed by atoms with E-state index in [0.717, 1.165) is 25.9 Å². The van der Waals surface area contributed by atoms with E-state index in [1.54, 1.807) is 4.90 Å². The minimum absolute atomic E-state index is 0.145. The Morgan fingerprint density at radius 2 is 1.48 bits per heavy atom. The number of carbonyl (C=O) groups is 2. The van der Waals surface area contributed by atoms with Gasteiger partial charge < -0.3 is 19.4 Å². The molecule has 146 valence electrons. The van der Waals surface area contributed by atoms with Gasteiger partial charge in [-0.1, -0.05) is 24.3 Å². The molecule has 0 atom stereocenters. The van der Waals surface area contributed by atoms with Crippen LogP contribution >= 0.6 is 0 Å². The van der Waals surface area contributed by atoms with Crippen LogP contribution in [0.3, 0.4) is 0 Å². The van der Waals surface area contributed by atoms with Crippen molar-refractivity contribution in [3.05, 3.63) is 35.4 Å². The summed E-state index contributed by atoms with van der Waals surface area (Å²) in [5, 5.41) is 0. The Balaban J connectivity index is 1.27. The Morgan fingerprint density at radius 3 is 2.00 bits per heavy atom. The molecule has 0 aliphatic carbocycles. The Morgan fingerprint density at radius 1 is 0.926 bits per heavy atom. The normalized spacial score (nSPS) is 21.1. The molecular weight excluding hydrogens is 342 g/mol. The highest BCUT2D eigenvalue weighted by Gasteiger charge is 2.48. The van der Waals surface area contributed by atoms with Crippen molar-refractivity contribution in [3.63, 3.8) is 0 Å². The molecule has 3 amide bonds. The molecule has 4 rings (SSSR count). The molecule has 27 heavy (non-hydrogen) atoms. The predicted octanol–water partition coefficient (Wildman–Crippen LogP) is 3.46. The van der Waals surface area contributed by atoms with E-state index in [1.807, 2.05) is 42.7 Å². The number of hydrogen-bond acceptors (Lipinski definition) is 3. The highest BCUT2D eigenvalue weighted by atomic mass is 16.6. The smallest absolute Gasteiger partial charge is 0.410 e. The van der Waals surface area contributed by atoms with E-state index in [2.05, 4.69) is 12.1 Å². The van der Waals surface area contributed by atoms with Gasteiger partial charge in [0.05, 0.1) is 0 Å². The van der Waals surface area contributed by atoms with Crippen LogP contribution in [0.25, 0.3) is 0 Å². The molecule has 6 nitrogen and oxygen atoms in total. The van der Waals surface area contributed by atoms with E-state index < -0.39 is 5.60 Å². The van der Waals surface area contributed by atoms with Crippen molar-refractivity contribution < 1.29 is 14.3 Å². The third-order valence-electron chi connectivity index (χ3n) is 5.91. The van der Waals surface area contributed by atoms with Gasteiger partial charge in [0.15, 0.2) is 0 Å². The van der Waals surface area contributed by atoms with Crippen molar-refractivity contribution >= 4 is 12.1 Å². The van der Waals surface area contributed by atoms with E-state index in [0.29, 0.717) is 26.2 Å². The number of fused-ring (bicyclic) bond motifs is 1. The van der Waals surface area contributed by atoms with Crippen LogP contribution in [0.4, 0.5) is 9.59 Å². The summed E-state index contributed by atoms with van der Waals surface area (Å²) in [7, 11) is 0. The number of nitrogens with zero attached hydrogens (tertiary/aromatic N) is 3. The lowest BCUT2D eigenvalue weighted by Crippen LogP contribution is -2.64. The fraction of sp³-hybridized carbons (Fsp3) is 0.619. The number of likely N-dealkylation sites (tertiary alicyclic amines) is 2. The molecule has 0 aromatic heterocycles. The predicted molar refractivity (Wildman–Crippen MR) is 102 cm³/mol. The number of ether oxygens (including phenoxy) is 1. The molecule has 3 aliphatic rings. The summed E-state index contributed by atoms with van der Waals surface area (Å²) in [6, 6.07) is 8.42. The van der Waals surface area contributed by atoms with Crippen molar-refractivity contribution in [1.82, 2.24) is 14.7 Å². The Bertz CT molecular complexity index is 714. The Kier molecular flexibility index (Phi) is 4.32. The van der Waals surface area contributed by atoms with Crippen molar-refractivity contribution in [2.24, 2.45) is 5.41 Å². The highest BCUT2D eigenvalue weighted by Crippen LogP contribution is 2.41. The lowest BCUT2D eigenvalue weighted by molar-refractivity contribution is -0.0380. The first-order valence-corrected chi connectivity index (χ1v) is 9.83. The molecule has 0 N–H and O–H groups in total. The summed E-state index contributed by atoms with van der Waals surface area (Å²) in [4.78, 5) is 30.7. The third kappa shape index (κ3) is 3.62. The minimum atomic E-state index is -0.459. The molecular formula is C21H29N3O3. The molecule has 1 spiro atoms. The van der Waals surface area contributed by atoms with Crippen molar-refractivity contribution in [2.75, 3.05) is 26.2 Å². The Hall–Kier alpha value is -2.24. The fourth-order valence-corrected chi connectivity index (χ4v) is 4.37. The number of amides is 3. The first-order chi connectivity index (χ1) is 12.7. The van der Waals surface area contributed by atoms with E-state index >= 15 is 0 Å². The standard InChI is InChI=1S/C21H29N3O3/c1-20(2,3)27-19(26)22-10-8-21(9-11-22)14-24(15-21)18(25)23-12-16-6-4-5-7-17(16)13-23/h4-7H,8-15H2,1-3H3. The van der Waals surface area contributed by atoms with E-state index in [-0.39, 0.29) is 17.5 Å². The van der Waals surface area contributed by atoms with Crippen molar-refractivity contribution in [1.29, 1.82) is 0 Å². The summed E-state index contributed by atoms with van der Waals surface area (Å²) in [6.45, 7) is 10.1. The second-order valence-electron chi connectivity index (χ2n) is 9.23. The second kappa shape index (κ2) is 6.43. The quantitative estimate of drug-likeness (QED) is 0.702. The van der Waals surface area contributed by atoms with E-state index in [4.69, 9.17) is 4.74 Å². The van der Waals surface area contributed by atoms with Gasteiger partial charge >= 0.3 is 12.1 Å². The number of urea groups is 1. The average Bonchev–Trinajstić information content (AvgIpc) is 3.02. The van der Waals surface area contributed by atoms with Gasteiger partial charge in [-0.2, -0.15) is 0 Å². The topological polar surface area (TPSA) is 53.1 Å². The molecule has 0 bridgehead atoms. The van der Waals surface area contributed by atoms with Gasteiger partial charge in [0.25, 0.3) is 0 Å². The molecule has 2 saturated heterocycles. The van der Waals surface area contributed by atoms with Gasteiger partial charge in [-0.15, -0.1) is 0 Å². The first-order valence-electron chi connectivity index (χ1n) is 9.83. The maximum atomic E-state index is 12.8. The van der Waals surface area contributed by atoms with Crippen LogP contribution in [0.15, 0.2) is 24.3 Å².